The van der Waals surface area contributed by atoms with E-state index in [0.717, 1.165) is 3.79 Å². The number of nitrogens with zero attached hydrogens (tertiary/aromatic N) is 2. The SMILES string of the molecule is CC1CN(S(=O)(=O)c2ccc(Br)s2)CCC1N=C=O. The fourth-order valence-electron chi connectivity index (χ4n) is 2.14. The number of hydrogen-bond donors (Lipinski definition) is 0. The van der Waals surface area contributed by atoms with Crippen LogP contribution >= 0.6 is 27.3 Å². The maximum atomic E-state index is 12.4. The maximum Gasteiger partial charge on any atom is 0.252 e. The van der Waals surface area contributed by atoms with Gasteiger partial charge in [-0.1, -0.05) is 6.92 Å². The van der Waals surface area contributed by atoms with Crippen molar-refractivity contribution in [2.24, 2.45) is 10.9 Å². The van der Waals surface area contributed by atoms with Crippen LogP contribution in [0, 0.1) is 5.92 Å². The molecule has 1 aromatic rings. The third-order valence-electron chi connectivity index (χ3n) is 3.18. The number of thiophene rings is 1. The van der Waals surface area contributed by atoms with E-state index < -0.39 is 10.0 Å². The molecule has 5 nitrogen and oxygen atoms in total. The molecular formula is C11H13BrN2O3S2. The first-order valence-electron chi connectivity index (χ1n) is 5.77. The third-order valence-corrected chi connectivity index (χ3v) is 7.14. The molecule has 0 aliphatic carbocycles. The average Bonchev–Trinajstić information content (AvgIpc) is 2.79. The molecule has 1 aliphatic rings. The topological polar surface area (TPSA) is 66.8 Å². The van der Waals surface area contributed by atoms with Crippen LogP contribution in [0.2, 0.25) is 0 Å². The fraction of sp³-hybridized carbons (Fsp3) is 0.545. The second-order valence-corrected chi connectivity index (χ2v) is 9.10. The van der Waals surface area contributed by atoms with Gasteiger partial charge < -0.3 is 0 Å². The maximum absolute atomic E-state index is 12.4. The number of isocyanates is 1. The molecule has 19 heavy (non-hydrogen) atoms. The molecule has 1 saturated heterocycles. The van der Waals surface area contributed by atoms with Crippen molar-refractivity contribution in [3.8, 4) is 0 Å². The monoisotopic (exact) mass is 364 g/mol. The van der Waals surface area contributed by atoms with E-state index >= 15 is 0 Å². The largest absolute Gasteiger partial charge is 0.252 e. The summed E-state index contributed by atoms with van der Waals surface area (Å²) < 4.78 is 27.4. The summed E-state index contributed by atoms with van der Waals surface area (Å²) in [5.41, 5.74) is 0. The summed E-state index contributed by atoms with van der Waals surface area (Å²) in [4.78, 5) is 14.0. The zero-order chi connectivity index (χ0) is 14.0. The molecular weight excluding hydrogens is 352 g/mol. The lowest BCUT2D eigenvalue weighted by Crippen LogP contribution is -2.44. The van der Waals surface area contributed by atoms with Crippen molar-refractivity contribution in [3.63, 3.8) is 0 Å². The Kier molecular flexibility index (Phi) is 4.58. The van der Waals surface area contributed by atoms with Crippen LogP contribution in [-0.4, -0.2) is 37.9 Å². The highest BCUT2D eigenvalue weighted by Crippen LogP contribution is 2.31. The van der Waals surface area contributed by atoms with Gasteiger partial charge in [0, 0.05) is 13.1 Å². The fourth-order valence-corrected chi connectivity index (χ4v) is 5.86. The van der Waals surface area contributed by atoms with E-state index in [4.69, 9.17) is 0 Å². The van der Waals surface area contributed by atoms with E-state index in [1.807, 2.05) is 6.92 Å². The smallest absolute Gasteiger partial charge is 0.211 e. The highest BCUT2D eigenvalue weighted by atomic mass is 79.9. The zero-order valence-corrected chi connectivity index (χ0v) is 13.5. The van der Waals surface area contributed by atoms with Gasteiger partial charge in [0.05, 0.1) is 9.83 Å². The van der Waals surface area contributed by atoms with Crippen molar-refractivity contribution in [2.45, 2.75) is 23.6 Å². The predicted octanol–water partition coefficient (Wildman–Crippen LogP) is 2.25. The summed E-state index contributed by atoms with van der Waals surface area (Å²) in [5, 5.41) is 0. The van der Waals surface area contributed by atoms with E-state index in [1.54, 1.807) is 18.2 Å². The first-order chi connectivity index (χ1) is 8.95. The quantitative estimate of drug-likeness (QED) is 0.610. The van der Waals surface area contributed by atoms with Crippen molar-refractivity contribution < 1.29 is 13.2 Å². The average molecular weight is 365 g/mol. The van der Waals surface area contributed by atoms with Crippen LogP contribution in [0.3, 0.4) is 0 Å². The lowest BCUT2D eigenvalue weighted by molar-refractivity contribution is 0.251. The molecule has 2 heterocycles. The summed E-state index contributed by atoms with van der Waals surface area (Å²) in [5.74, 6) is 0.0216. The molecule has 0 N–H and O–H groups in total. The summed E-state index contributed by atoms with van der Waals surface area (Å²) in [7, 11) is -3.43. The van der Waals surface area contributed by atoms with Gasteiger partial charge in [0.15, 0.2) is 0 Å². The van der Waals surface area contributed by atoms with E-state index in [-0.39, 0.29) is 12.0 Å². The summed E-state index contributed by atoms with van der Waals surface area (Å²) in [6, 6.07) is 3.20. The van der Waals surface area contributed by atoms with E-state index in [9.17, 15) is 13.2 Å². The van der Waals surface area contributed by atoms with E-state index in [0.29, 0.717) is 23.7 Å². The Bertz CT molecular complexity index is 607. The van der Waals surface area contributed by atoms with Crippen molar-refractivity contribution in [1.82, 2.24) is 4.31 Å². The molecule has 2 unspecified atom stereocenters. The number of rotatable bonds is 3. The molecule has 0 spiro atoms. The number of piperidine rings is 1. The molecule has 0 bridgehead atoms. The van der Waals surface area contributed by atoms with Crippen LogP contribution in [0.5, 0.6) is 0 Å². The Hall–Kier alpha value is -0.530. The molecule has 1 aromatic heterocycles. The number of sulfonamides is 1. The predicted molar refractivity (Wildman–Crippen MR) is 76.5 cm³/mol. The Morgan fingerprint density at radius 1 is 1.53 bits per heavy atom. The molecule has 2 rings (SSSR count). The van der Waals surface area contributed by atoms with Crippen molar-refractivity contribution in [1.29, 1.82) is 0 Å². The molecule has 0 amide bonds. The van der Waals surface area contributed by atoms with E-state index in [2.05, 4.69) is 20.9 Å². The van der Waals surface area contributed by atoms with Crippen LogP contribution in [0.1, 0.15) is 13.3 Å². The standard InChI is InChI=1S/C11H13BrN2O3S2/c1-8-6-14(5-4-9(8)13-7-15)19(16,17)11-3-2-10(12)18-11/h2-3,8-9H,4-6H2,1H3. The second-order valence-electron chi connectivity index (χ2n) is 4.48. The number of hydrogen-bond acceptors (Lipinski definition) is 5. The Balaban J connectivity index is 2.18. The minimum absolute atomic E-state index is 0.0216. The zero-order valence-electron chi connectivity index (χ0n) is 10.2. The number of carbonyl (C=O) groups excluding carboxylic acids is 1. The number of aliphatic imine (C=N–C) groups is 1. The lowest BCUT2D eigenvalue weighted by Gasteiger charge is -2.33. The molecule has 0 radical (unpaired) electrons. The summed E-state index contributed by atoms with van der Waals surface area (Å²) in [6.07, 6.45) is 2.12. The van der Waals surface area contributed by atoms with Gasteiger partial charge in [-0.05, 0) is 40.4 Å². The Labute approximate surface area is 124 Å². The second kappa shape index (κ2) is 5.85. The molecule has 1 fully saturated rings. The van der Waals surface area contributed by atoms with Crippen LogP contribution in [0.25, 0.3) is 0 Å². The van der Waals surface area contributed by atoms with Gasteiger partial charge >= 0.3 is 0 Å². The van der Waals surface area contributed by atoms with Gasteiger partial charge in [0.2, 0.25) is 6.08 Å². The minimum atomic E-state index is -3.43. The highest BCUT2D eigenvalue weighted by molar-refractivity contribution is 9.11. The Morgan fingerprint density at radius 3 is 2.79 bits per heavy atom. The molecule has 1 aliphatic heterocycles. The van der Waals surface area contributed by atoms with Gasteiger partial charge in [-0.2, -0.15) is 4.31 Å². The minimum Gasteiger partial charge on any atom is -0.211 e. The first-order valence-corrected chi connectivity index (χ1v) is 8.82. The number of halogens is 1. The highest BCUT2D eigenvalue weighted by Gasteiger charge is 2.34. The van der Waals surface area contributed by atoms with Crippen molar-refractivity contribution in [2.75, 3.05) is 13.1 Å². The lowest BCUT2D eigenvalue weighted by atomic mass is 9.96. The van der Waals surface area contributed by atoms with Gasteiger partial charge in [-0.25, -0.2) is 18.2 Å². The van der Waals surface area contributed by atoms with Gasteiger partial charge in [-0.3, -0.25) is 0 Å². The molecule has 0 aromatic carbocycles. The van der Waals surface area contributed by atoms with Gasteiger partial charge in [0.25, 0.3) is 10.0 Å². The van der Waals surface area contributed by atoms with Crippen LogP contribution in [0.4, 0.5) is 0 Å². The Morgan fingerprint density at radius 2 is 2.26 bits per heavy atom. The summed E-state index contributed by atoms with van der Waals surface area (Å²) in [6.45, 7) is 2.67. The van der Waals surface area contributed by atoms with Gasteiger partial charge in [0.1, 0.15) is 4.21 Å². The molecule has 104 valence electrons. The van der Waals surface area contributed by atoms with E-state index in [1.165, 1.54) is 15.6 Å². The van der Waals surface area contributed by atoms with Crippen molar-refractivity contribution in [3.05, 3.63) is 15.9 Å². The van der Waals surface area contributed by atoms with Crippen LogP contribution < -0.4 is 0 Å². The van der Waals surface area contributed by atoms with Gasteiger partial charge in [-0.15, -0.1) is 11.3 Å². The third kappa shape index (κ3) is 3.14. The van der Waals surface area contributed by atoms with Crippen LogP contribution in [-0.2, 0) is 14.8 Å². The van der Waals surface area contributed by atoms with Crippen LogP contribution in [0.15, 0.2) is 25.1 Å². The molecule has 0 saturated carbocycles. The van der Waals surface area contributed by atoms with Crippen molar-refractivity contribution >= 4 is 43.4 Å². The summed E-state index contributed by atoms with van der Waals surface area (Å²) >= 11 is 4.47. The normalized spacial score (nSPS) is 24.9. The molecule has 8 heteroatoms. The molecule has 2 atom stereocenters. The first kappa shape index (κ1) is 14.9.